The molecule has 0 aliphatic heterocycles. The molecule has 0 aromatic heterocycles. The second-order valence-corrected chi connectivity index (χ2v) is 2.62. The fourth-order valence-corrected chi connectivity index (χ4v) is 1.15. The van der Waals surface area contributed by atoms with Gasteiger partial charge >= 0.3 is 0 Å². The van der Waals surface area contributed by atoms with Gasteiger partial charge in [0.1, 0.15) is 0 Å². The summed E-state index contributed by atoms with van der Waals surface area (Å²) in [5, 5.41) is 9.77. The Kier molecular flexibility index (Phi) is 3.46. The van der Waals surface area contributed by atoms with Crippen LogP contribution in [0.5, 0.6) is 0 Å². The van der Waals surface area contributed by atoms with Crippen LogP contribution in [0.15, 0.2) is 24.3 Å². The van der Waals surface area contributed by atoms with Gasteiger partial charge in [-0.25, -0.2) is 0 Å². The van der Waals surface area contributed by atoms with Crippen LogP contribution in [0.2, 0.25) is 0 Å². The second kappa shape index (κ2) is 4.62. The molecule has 0 unspecified atom stereocenters. The molecule has 0 fully saturated rings. The lowest BCUT2D eigenvalue weighted by Gasteiger charge is -2.12. The number of anilines is 1. The van der Waals surface area contributed by atoms with Crippen molar-refractivity contribution in [2.45, 2.75) is 13.3 Å². The van der Waals surface area contributed by atoms with Crippen LogP contribution in [0.25, 0.3) is 0 Å². The van der Waals surface area contributed by atoms with Crippen molar-refractivity contribution in [1.29, 1.82) is 0 Å². The van der Waals surface area contributed by atoms with Crippen LogP contribution in [-0.2, 0) is 4.79 Å². The number of carbonyl (C=O) groups excluding carboxylic acids is 1. The molecule has 3 nitrogen and oxygen atoms in total. The van der Waals surface area contributed by atoms with Crippen LogP contribution in [0.4, 0.5) is 5.69 Å². The van der Waals surface area contributed by atoms with Crippen molar-refractivity contribution in [3.8, 4) is 0 Å². The summed E-state index contributed by atoms with van der Waals surface area (Å²) in [5.41, 5.74) is 1.37. The first-order valence-electron chi connectivity index (χ1n) is 4.15. The van der Waals surface area contributed by atoms with E-state index in [9.17, 15) is 10.0 Å². The van der Waals surface area contributed by atoms with Crippen LogP contribution >= 0.6 is 0 Å². The van der Waals surface area contributed by atoms with Gasteiger partial charge in [-0.15, -0.1) is 0 Å². The van der Waals surface area contributed by atoms with E-state index in [1.807, 2.05) is 25.5 Å². The first-order chi connectivity index (χ1) is 6.29. The zero-order valence-corrected chi connectivity index (χ0v) is 7.47. The van der Waals surface area contributed by atoms with Crippen LogP contribution in [-0.4, -0.2) is 11.6 Å². The summed E-state index contributed by atoms with van der Waals surface area (Å²) in [6.45, 7) is 2.00. The largest absolute Gasteiger partial charge is 0.281 e. The normalized spacial score (nSPS) is 9.69. The summed E-state index contributed by atoms with van der Waals surface area (Å²) in [5.74, 6) is 0. The minimum Gasteiger partial charge on any atom is -0.281 e. The molecular formula is C10H12NO2. The van der Waals surface area contributed by atoms with Gasteiger partial charge in [-0.05, 0) is 24.5 Å². The maximum absolute atomic E-state index is 10.3. The molecule has 0 bridgehead atoms. The van der Waals surface area contributed by atoms with Crippen molar-refractivity contribution in [2.24, 2.45) is 0 Å². The number of benzene rings is 1. The van der Waals surface area contributed by atoms with Crippen molar-refractivity contribution in [3.05, 3.63) is 36.2 Å². The Hall–Kier alpha value is -1.35. The molecule has 1 radical (unpaired) electrons. The maximum atomic E-state index is 10.3. The first-order valence-corrected chi connectivity index (χ1v) is 4.15. The van der Waals surface area contributed by atoms with Crippen molar-refractivity contribution in [1.82, 2.24) is 0 Å². The molecule has 13 heavy (non-hydrogen) atoms. The third-order valence-corrected chi connectivity index (χ3v) is 1.71. The van der Waals surface area contributed by atoms with Crippen LogP contribution in [0, 0.1) is 6.42 Å². The number of para-hydroxylation sites is 1. The number of nitrogens with zero attached hydrogens (tertiary/aromatic N) is 1. The zero-order chi connectivity index (χ0) is 9.68. The predicted octanol–water partition coefficient (Wildman–Crippen LogP) is 2.00. The summed E-state index contributed by atoms with van der Waals surface area (Å²) >= 11 is 0. The Balaban J connectivity index is 2.96. The van der Waals surface area contributed by atoms with E-state index >= 15 is 0 Å². The first kappa shape index (κ1) is 9.74. The summed E-state index contributed by atoms with van der Waals surface area (Å²) in [6, 6.07) is 7.18. The van der Waals surface area contributed by atoms with Gasteiger partial charge in [0.05, 0.1) is 5.69 Å². The van der Waals surface area contributed by atoms with E-state index in [-0.39, 0.29) is 0 Å². The molecule has 1 aromatic carbocycles. The Morgan fingerprint density at radius 2 is 2.15 bits per heavy atom. The van der Waals surface area contributed by atoms with E-state index in [1.54, 1.807) is 12.1 Å². The topological polar surface area (TPSA) is 40.5 Å². The Morgan fingerprint density at radius 3 is 2.77 bits per heavy atom. The van der Waals surface area contributed by atoms with Crippen molar-refractivity contribution in [2.75, 3.05) is 5.06 Å². The number of hydroxylamine groups is 1. The monoisotopic (exact) mass is 178 g/mol. The second-order valence-electron chi connectivity index (χ2n) is 2.62. The number of rotatable bonds is 4. The quantitative estimate of drug-likeness (QED) is 0.435. The van der Waals surface area contributed by atoms with Crippen molar-refractivity contribution < 1.29 is 10.0 Å². The summed E-state index contributed by atoms with van der Waals surface area (Å²) in [6.07, 6.45) is 3.19. The highest BCUT2D eigenvalue weighted by Crippen LogP contribution is 2.20. The molecule has 0 heterocycles. The number of amides is 1. The Morgan fingerprint density at radius 1 is 1.46 bits per heavy atom. The summed E-state index contributed by atoms with van der Waals surface area (Å²) < 4.78 is 0. The molecule has 1 amide bonds. The van der Waals surface area contributed by atoms with Gasteiger partial charge in [0.15, 0.2) is 0 Å². The minimum atomic E-state index is 0.377. The third kappa shape index (κ3) is 2.29. The van der Waals surface area contributed by atoms with Gasteiger partial charge in [-0.2, -0.15) is 5.06 Å². The van der Waals surface area contributed by atoms with Crippen LogP contribution < -0.4 is 5.06 Å². The van der Waals surface area contributed by atoms with Crippen molar-refractivity contribution in [3.63, 3.8) is 0 Å². The smallest absolute Gasteiger partial charge is 0.237 e. The zero-order valence-electron chi connectivity index (χ0n) is 7.47. The van der Waals surface area contributed by atoms with E-state index in [4.69, 9.17) is 0 Å². The fraction of sp³-hybridized carbons (Fsp3) is 0.200. The maximum Gasteiger partial charge on any atom is 0.237 e. The van der Waals surface area contributed by atoms with E-state index in [2.05, 4.69) is 0 Å². The highest BCUT2D eigenvalue weighted by molar-refractivity contribution is 5.74. The van der Waals surface area contributed by atoms with Gasteiger partial charge < -0.3 is 0 Å². The van der Waals surface area contributed by atoms with E-state index in [0.29, 0.717) is 17.2 Å². The van der Waals surface area contributed by atoms with E-state index in [1.165, 1.54) is 0 Å². The van der Waals surface area contributed by atoms with Crippen LogP contribution in [0.3, 0.4) is 0 Å². The Labute approximate surface area is 77.6 Å². The third-order valence-electron chi connectivity index (χ3n) is 1.71. The van der Waals surface area contributed by atoms with Gasteiger partial charge in [0.25, 0.3) is 0 Å². The molecule has 0 saturated carbocycles. The number of hydrogen-bond acceptors (Lipinski definition) is 2. The molecule has 0 aliphatic carbocycles. The van der Waals surface area contributed by atoms with Gasteiger partial charge in [0.2, 0.25) is 6.41 Å². The van der Waals surface area contributed by atoms with Gasteiger partial charge in [-0.1, -0.05) is 25.1 Å². The SMILES string of the molecule is CC[CH]c1ccccc1N(O)C=O. The summed E-state index contributed by atoms with van der Waals surface area (Å²) in [4.78, 5) is 10.3. The molecule has 1 rings (SSSR count). The summed E-state index contributed by atoms with van der Waals surface area (Å²) in [7, 11) is 0. The molecule has 3 heteroatoms. The molecular weight excluding hydrogens is 166 g/mol. The Bertz CT molecular complexity index is 286. The molecule has 1 N–H and O–H groups in total. The molecule has 0 atom stereocenters. The average Bonchev–Trinajstić information content (AvgIpc) is 2.18. The molecule has 1 aromatic rings. The van der Waals surface area contributed by atoms with E-state index in [0.717, 1.165) is 12.0 Å². The standard InChI is InChI=1S/C10H12NO2/c1-2-5-9-6-3-4-7-10(9)11(13)8-12/h3-8,13H,2H2,1H3. The molecule has 0 saturated heterocycles. The lowest BCUT2D eigenvalue weighted by molar-refractivity contribution is -0.111. The van der Waals surface area contributed by atoms with Crippen LogP contribution in [0.1, 0.15) is 18.9 Å². The predicted molar refractivity (Wildman–Crippen MR) is 50.5 cm³/mol. The highest BCUT2D eigenvalue weighted by atomic mass is 16.5. The average molecular weight is 178 g/mol. The highest BCUT2D eigenvalue weighted by Gasteiger charge is 2.05. The minimum absolute atomic E-state index is 0.377. The van der Waals surface area contributed by atoms with Crippen molar-refractivity contribution >= 4 is 12.1 Å². The number of carbonyl (C=O) groups is 1. The lowest BCUT2D eigenvalue weighted by atomic mass is 10.1. The fourth-order valence-electron chi connectivity index (χ4n) is 1.15. The lowest BCUT2D eigenvalue weighted by Crippen LogP contribution is -2.16. The molecule has 69 valence electrons. The molecule has 0 aliphatic rings. The molecule has 0 spiro atoms. The van der Waals surface area contributed by atoms with E-state index < -0.39 is 0 Å². The van der Waals surface area contributed by atoms with Gasteiger partial charge in [0, 0.05) is 0 Å². The van der Waals surface area contributed by atoms with Gasteiger partial charge in [-0.3, -0.25) is 10.0 Å². The number of hydrogen-bond donors (Lipinski definition) is 1.